The first-order chi connectivity index (χ1) is 14.5. The standard InChI is InChI=1S/C22H29FN6S/c1-4-24-27-18(13(2)3)10-14-5-6-15(9-14)19-11-21(29-28-19)26-17-7-8-20-16(22(17)23)12-25-30-20/h4,7-8,11,13-15,25H,5-6,9-10,12H2,1-3H3,(H2,26,28,29)/b24-4-,27-18-. The molecule has 0 spiro atoms. The zero-order valence-corrected chi connectivity index (χ0v) is 18.5. The summed E-state index contributed by atoms with van der Waals surface area (Å²) < 4.78 is 17.8. The third kappa shape index (κ3) is 4.59. The first-order valence-corrected chi connectivity index (χ1v) is 11.4. The molecule has 1 aromatic carbocycles. The highest BCUT2D eigenvalue weighted by atomic mass is 32.2. The summed E-state index contributed by atoms with van der Waals surface area (Å²) in [7, 11) is 0. The number of rotatable bonds is 7. The Kier molecular flexibility index (Phi) is 6.53. The molecule has 6 nitrogen and oxygen atoms in total. The largest absolute Gasteiger partial charge is 0.336 e. The van der Waals surface area contributed by atoms with Gasteiger partial charge in [-0.25, -0.2) is 4.39 Å². The van der Waals surface area contributed by atoms with E-state index in [1.54, 1.807) is 12.3 Å². The molecule has 0 radical (unpaired) electrons. The molecule has 0 amide bonds. The number of hydrogen-bond donors (Lipinski definition) is 3. The molecule has 2 atom stereocenters. The highest BCUT2D eigenvalue weighted by molar-refractivity contribution is 7.97. The lowest BCUT2D eigenvalue weighted by Crippen LogP contribution is -2.12. The second-order valence-electron chi connectivity index (χ2n) is 8.36. The molecular weight excluding hydrogens is 399 g/mol. The Morgan fingerprint density at radius 1 is 1.40 bits per heavy atom. The molecule has 160 valence electrons. The second kappa shape index (κ2) is 9.31. The SMILES string of the molecule is C/C=N\N=C(\CC1CCC(c2cc(Nc3ccc4c(c3F)CNS4)n[nH]2)C1)C(C)C. The quantitative estimate of drug-likeness (QED) is 0.297. The van der Waals surface area contributed by atoms with Gasteiger partial charge in [0.05, 0.1) is 5.69 Å². The number of fused-ring (bicyclic) bond motifs is 1. The number of hydrogen-bond acceptors (Lipinski definition) is 6. The summed E-state index contributed by atoms with van der Waals surface area (Å²) in [6.45, 7) is 6.79. The molecule has 8 heteroatoms. The Hall–Kier alpha value is -2.19. The Labute approximate surface area is 181 Å². The van der Waals surface area contributed by atoms with E-state index in [0.717, 1.165) is 35.4 Å². The summed E-state index contributed by atoms with van der Waals surface area (Å²) in [4.78, 5) is 0.951. The summed E-state index contributed by atoms with van der Waals surface area (Å²) in [6.07, 6.45) is 6.15. The van der Waals surface area contributed by atoms with E-state index in [0.29, 0.717) is 35.8 Å². The lowest BCUT2D eigenvalue weighted by molar-refractivity contribution is 0.547. The Morgan fingerprint density at radius 2 is 2.27 bits per heavy atom. The van der Waals surface area contributed by atoms with Crippen LogP contribution in [0.5, 0.6) is 0 Å². The topological polar surface area (TPSA) is 77.5 Å². The van der Waals surface area contributed by atoms with Crippen LogP contribution in [-0.4, -0.2) is 22.1 Å². The molecule has 3 N–H and O–H groups in total. The van der Waals surface area contributed by atoms with Crippen molar-refractivity contribution in [2.45, 2.75) is 63.8 Å². The lowest BCUT2D eigenvalue weighted by Gasteiger charge is -2.14. The average Bonchev–Trinajstić information content (AvgIpc) is 3.47. The smallest absolute Gasteiger partial charge is 0.152 e. The van der Waals surface area contributed by atoms with Crippen LogP contribution in [0.2, 0.25) is 0 Å². The van der Waals surface area contributed by atoms with E-state index in [-0.39, 0.29) is 5.82 Å². The molecule has 2 unspecified atom stereocenters. The number of aromatic amines is 1. The molecular formula is C22H29FN6S. The van der Waals surface area contributed by atoms with E-state index >= 15 is 0 Å². The average molecular weight is 429 g/mol. The molecule has 0 bridgehead atoms. The fourth-order valence-electron chi connectivity index (χ4n) is 4.26. The van der Waals surface area contributed by atoms with E-state index in [4.69, 9.17) is 0 Å². The van der Waals surface area contributed by atoms with E-state index in [1.807, 2.05) is 19.1 Å². The molecule has 30 heavy (non-hydrogen) atoms. The van der Waals surface area contributed by atoms with Crippen LogP contribution >= 0.6 is 11.9 Å². The molecule has 4 rings (SSSR count). The lowest BCUT2D eigenvalue weighted by atomic mass is 9.93. The molecule has 2 aliphatic rings. The van der Waals surface area contributed by atoms with Crippen molar-refractivity contribution in [3.8, 4) is 0 Å². The Bertz CT molecular complexity index is 951. The van der Waals surface area contributed by atoms with Crippen LogP contribution in [0.1, 0.15) is 63.6 Å². The van der Waals surface area contributed by atoms with Gasteiger partial charge < -0.3 is 5.32 Å². The number of aromatic nitrogens is 2. The van der Waals surface area contributed by atoms with Crippen LogP contribution in [0.25, 0.3) is 0 Å². The van der Waals surface area contributed by atoms with Crippen LogP contribution in [0.15, 0.2) is 33.3 Å². The number of benzene rings is 1. The molecule has 1 aromatic heterocycles. The third-order valence-corrected chi connectivity index (χ3v) is 6.83. The van der Waals surface area contributed by atoms with Crippen LogP contribution in [0, 0.1) is 17.7 Å². The summed E-state index contributed by atoms with van der Waals surface area (Å²) in [5.74, 6) is 1.93. The van der Waals surface area contributed by atoms with Gasteiger partial charge in [0.15, 0.2) is 11.6 Å². The van der Waals surface area contributed by atoms with Crippen molar-refractivity contribution in [3.05, 3.63) is 35.3 Å². The number of nitrogens with zero attached hydrogens (tertiary/aromatic N) is 3. The van der Waals surface area contributed by atoms with Gasteiger partial charge in [0, 0.05) is 46.6 Å². The predicted molar refractivity (Wildman–Crippen MR) is 122 cm³/mol. The maximum absolute atomic E-state index is 14.7. The highest BCUT2D eigenvalue weighted by Crippen LogP contribution is 2.40. The van der Waals surface area contributed by atoms with Crippen LogP contribution in [0.3, 0.4) is 0 Å². The molecule has 2 heterocycles. The van der Waals surface area contributed by atoms with Crippen LogP contribution < -0.4 is 10.0 Å². The second-order valence-corrected chi connectivity index (χ2v) is 9.29. The third-order valence-electron chi connectivity index (χ3n) is 5.94. The van der Waals surface area contributed by atoms with Gasteiger partial charge in [0.25, 0.3) is 0 Å². The van der Waals surface area contributed by atoms with E-state index < -0.39 is 0 Å². The molecule has 1 saturated carbocycles. The first-order valence-electron chi connectivity index (χ1n) is 10.6. The predicted octanol–water partition coefficient (Wildman–Crippen LogP) is 5.78. The number of anilines is 2. The van der Waals surface area contributed by atoms with Crippen molar-refractivity contribution in [2.75, 3.05) is 5.32 Å². The van der Waals surface area contributed by atoms with Gasteiger partial charge in [0.1, 0.15) is 0 Å². The van der Waals surface area contributed by atoms with Gasteiger partial charge in [-0.2, -0.15) is 15.3 Å². The fourth-order valence-corrected chi connectivity index (χ4v) is 5.05. The van der Waals surface area contributed by atoms with Crippen molar-refractivity contribution < 1.29 is 4.39 Å². The number of halogens is 1. The molecule has 2 aromatic rings. The fraction of sp³-hybridized carbons (Fsp3) is 0.500. The van der Waals surface area contributed by atoms with Crippen molar-refractivity contribution in [1.82, 2.24) is 14.9 Å². The summed E-state index contributed by atoms with van der Waals surface area (Å²) in [5.41, 5.74) is 3.47. The summed E-state index contributed by atoms with van der Waals surface area (Å²) in [6, 6.07) is 5.74. The Balaban J connectivity index is 1.39. The summed E-state index contributed by atoms with van der Waals surface area (Å²) >= 11 is 1.47. The van der Waals surface area contributed by atoms with Gasteiger partial charge in [-0.05, 0) is 68.5 Å². The zero-order chi connectivity index (χ0) is 21.1. The monoisotopic (exact) mass is 428 g/mol. The van der Waals surface area contributed by atoms with E-state index in [9.17, 15) is 4.39 Å². The normalized spacial score (nSPS) is 21.7. The van der Waals surface area contributed by atoms with Crippen LogP contribution in [-0.2, 0) is 6.54 Å². The zero-order valence-electron chi connectivity index (χ0n) is 17.7. The van der Waals surface area contributed by atoms with Crippen molar-refractivity contribution in [3.63, 3.8) is 0 Å². The van der Waals surface area contributed by atoms with Crippen molar-refractivity contribution in [2.24, 2.45) is 22.0 Å². The van der Waals surface area contributed by atoms with Gasteiger partial charge in [-0.1, -0.05) is 13.8 Å². The van der Waals surface area contributed by atoms with Crippen molar-refractivity contribution >= 4 is 35.4 Å². The van der Waals surface area contributed by atoms with Gasteiger partial charge in [-0.3, -0.25) is 9.82 Å². The minimum atomic E-state index is -0.203. The Morgan fingerprint density at radius 3 is 3.07 bits per heavy atom. The van der Waals surface area contributed by atoms with Gasteiger partial charge in [0.2, 0.25) is 0 Å². The van der Waals surface area contributed by atoms with E-state index in [2.05, 4.69) is 44.3 Å². The van der Waals surface area contributed by atoms with Gasteiger partial charge in [-0.15, -0.1) is 0 Å². The maximum atomic E-state index is 14.7. The van der Waals surface area contributed by atoms with Crippen LogP contribution in [0.4, 0.5) is 15.9 Å². The number of nitrogens with one attached hydrogen (secondary N) is 3. The minimum Gasteiger partial charge on any atom is -0.336 e. The highest BCUT2D eigenvalue weighted by Gasteiger charge is 2.29. The van der Waals surface area contributed by atoms with E-state index in [1.165, 1.54) is 24.1 Å². The molecule has 1 fully saturated rings. The maximum Gasteiger partial charge on any atom is 0.152 e. The molecule has 1 aliphatic carbocycles. The molecule has 1 aliphatic heterocycles. The van der Waals surface area contributed by atoms with Crippen molar-refractivity contribution in [1.29, 1.82) is 0 Å². The summed E-state index contributed by atoms with van der Waals surface area (Å²) in [5, 5.41) is 19.2. The first kappa shape index (κ1) is 21.1. The molecule has 0 saturated heterocycles. The van der Waals surface area contributed by atoms with Gasteiger partial charge >= 0.3 is 0 Å². The number of H-pyrrole nitrogens is 1. The minimum absolute atomic E-state index is 0.203.